The lowest BCUT2D eigenvalue weighted by Crippen LogP contribution is -2.26. The molecule has 64 valence electrons. The molecule has 0 aliphatic heterocycles. The SMILES string of the molecule is C=CC1CC=CCC1(C=C)C=C. The summed E-state index contributed by atoms with van der Waals surface area (Å²) in [7, 11) is 0. The molecule has 1 aliphatic rings. The number of hydrogen-bond donors (Lipinski definition) is 0. The molecule has 0 radical (unpaired) electrons. The van der Waals surface area contributed by atoms with Gasteiger partial charge in [-0.1, -0.05) is 30.4 Å². The van der Waals surface area contributed by atoms with Crippen LogP contribution in [0.5, 0.6) is 0 Å². The maximum Gasteiger partial charge on any atom is 0.0156 e. The summed E-state index contributed by atoms with van der Waals surface area (Å²) in [6.07, 6.45) is 12.5. The topological polar surface area (TPSA) is 0 Å². The Kier molecular flexibility index (Phi) is 2.69. The summed E-state index contributed by atoms with van der Waals surface area (Å²) in [4.78, 5) is 0. The van der Waals surface area contributed by atoms with Crippen molar-refractivity contribution < 1.29 is 0 Å². The van der Waals surface area contributed by atoms with E-state index in [9.17, 15) is 0 Å². The second-order valence-electron chi connectivity index (χ2n) is 3.27. The van der Waals surface area contributed by atoms with Crippen molar-refractivity contribution in [3.8, 4) is 0 Å². The summed E-state index contributed by atoms with van der Waals surface area (Å²) >= 11 is 0. The molecule has 0 saturated heterocycles. The van der Waals surface area contributed by atoms with Gasteiger partial charge in [0.1, 0.15) is 0 Å². The minimum absolute atomic E-state index is 0.0521. The fourth-order valence-corrected chi connectivity index (χ4v) is 1.77. The minimum Gasteiger partial charge on any atom is -0.103 e. The highest BCUT2D eigenvalue weighted by atomic mass is 14.3. The first-order valence-electron chi connectivity index (χ1n) is 4.34. The van der Waals surface area contributed by atoms with Crippen LogP contribution in [0.1, 0.15) is 12.8 Å². The van der Waals surface area contributed by atoms with Crippen molar-refractivity contribution in [1.29, 1.82) is 0 Å². The molecule has 0 saturated carbocycles. The smallest absolute Gasteiger partial charge is 0.0156 e. The van der Waals surface area contributed by atoms with Crippen molar-refractivity contribution in [3.05, 3.63) is 50.1 Å². The highest BCUT2D eigenvalue weighted by Crippen LogP contribution is 2.40. The molecule has 0 nitrogen and oxygen atoms in total. The quantitative estimate of drug-likeness (QED) is 0.554. The van der Waals surface area contributed by atoms with Gasteiger partial charge in [0.15, 0.2) is 0 Å². The van der Waals surface area contributed by atoms with Gasteiger partial charge in [0.05, 0.1) is 0 Å². The van der Waals surface area contributed by atoms with Crippen molar-refractivity contribution in [2.75, 3.05) is 0 Å². The van der Waals surface area contributed by atoms with Crippen LogP contribution in [0.25, 0.3) is 0 Å². The molecule has 1 aliphatic carbocycles. The fourth-order valence-electron chi connectivity index (χ4n) is 1.77. The van der Waals surface area contributed by atoms with E-state index in [4.69, 9.17) is 0 Å². The first-order valence-corrected chi connectivity index (χ1v) is 4.34. The molecule has 0 fully saturated rings. The normalized spacial score (nSPS) is 26.2. The average molecular weight is 160 g/mol. The average Bonchev–Trinajstić information content (AvgIpc) is 2.17. The number of allylic oxidation sites excluding steroid dienone is 5. The molecule has 0 N–H and O–H groups in total. The van der Waals surface area contributed by atoms with E-state index in [1.54, 1.807) is 0 Å². The first kappa shape index (κ1) is 9.05. The van der Waals surface area contributed by atoms with Gasteiger partial charge >= 0.3 is 0 Å². The zero-order chi connectivity index (χ0) is 9.03. The molecular weight excluding hydrogens is 144 g/mol. The third-order valence-corrected chi connectivity index (χ3v) is 2.76. The highest BCUT2D eigenvalue weighted by molar-refractivity contribution is 5.19. The summed E-state index contributed by atoms with van der Waals surface area (Å²) in [5.41, 5.74) is 0.0521. The van der Waals surface area contributed by atoms with Crippen LogP contribution in [0.4, 0.5) is 0 Å². The van der Waals surface area contributed by atoms with E-state index in [0.717, 1.165) is 12.8 Å². The van der Waals surface area contributed by atoms with Crippen molar-refractivity contribution in [2.45, 2.75) is 12.8 Å². The summed E-state index contributed by atoms with van der Waals surface area (Å²) in [5.74, 6) is 0.470. The standard InChI is InChI=1S/C12H16/c1-4-11-9-7-8-10-12(11,5-2)6-3/h4-8,11H,1-3,9-10H2. The summed E-state index contributed by atoms with van der Waals surface area (Å²) in [5, 5.41) is 0. The lowest BCUT2D eigenvalue weighted by atomic mass is 9.69. The second kappa shape index (κ2) is 3.57. The molecular formula is C12H16. The van der Waals surface area contributed by atoms with Gasteiger partial charge in [0.25, 0.3) is 0 Å². The number of rotatable bonds is 3. The zero-order valence-electron chi connectivity index (χ0n) is 7.50. The second-order valence-corrected chi connectivity index (χ2v) is 3.27. The van der Waals surface area contributed by atoms with Crippen LogP contribution < -0.4 is 0 Å². The predicted octanol–water partition coefficient (Wildman–Crippen LogP) is 3.50. The highest BCUT2D eigenvalue weighted by Gasteiger charge is 2.31. The van der Waals surface area contributed by atoms with Crippen LogP contribution in [0, 0.1) is 11.3 Å². The largest absolute Gasteiger partial charge is 0.103 e. The Morgan fingerprint density at radius 2 is 1.83 bits per heavy atom. The maximum atomic E-state index is 3.87. The third kappa shape index (κ3) is 1.29. The molecule has 0 aromatic rings. The molecule has 1 unspecified atom stereocenters. The Balaban J connectivity index is 2.97. The van der Waals surface area contributed by atoms with E-state index < -0.39 is 0 Å². The van der Waals surface area contributed by atoms with Gasteiger partial charge in [-0.25, -0.2) is 0 Å². The molecule has 1 rings (SSSR count). The molecule has 0 heteroatoms. The fraction of sp³-hybridized carbons (Fsp3) is 0.333. The molecule has 0 heterocycles. The van der Waals surface area contributed by atoms with Crippen LogP contribution >= 0.6 is 0 Å². The van der Waals surface area contributed by atoms with Crippen molar-refractivity contribution in [2.24, 2.45) is 11.3 Å². The van der Waals surface area contributed by atoms with E-state index in [1.165, 1.54) is 0 Å². The van der Waals surface area contributed by atoms with E-state index in [1.807, 2.05) is 18.2 Å². The lowest BCUT2D eigenvalue weighted by molar-refractivity contribution is 0.350. The van der Waals surface area contributed by atoms with Gasteiger partial charge in [-0.15, -0.1) is 19.7 Å². The Hall–Kier alpha value is -1.04. The summed E-state index contributed by atoms with van der Waals surface area (Å²) < 4.78 is 0. The lowest BCUT2D eigenvalue weighted by Gasteiger charge is -2.35. The molecule has 0 aromatic heterocycles. The molecule has 0 aromatic carbocycles. The van der Waals surface area contributed by atoms with Crippen LogP contribution in [0.2, 0.25) is 0 Å². The Morgan fingerprint density at radius 1 is 1.17 bits per heavy atom. The van der Waals surface area contributed by atoms with Crippen molar-refractivity contribution in [3.63, 3.8) is 0 Å². The Labute approximate surface area is 75.0 Å². The Morgan fingerprint density at radius 3 is 2.25 bits per heavy atom. The molecule has 12 heavy (non-hydrogen) atoms. The first-order chi connectivity index (χ1) is 5.79. The third-order valence-electron chi connectivity index (χ3n) is 2.76. The van der Waals surface area contributed by atoms with Crippen LogP contribution in [-0.2, 0) is 0 Å². The van der Waals surface area contributed by atoms with E-state index in [-0.39, 0.29) is 5.41 Å². The van der Waals surface area contributed by atoms with Crippen LogP contribution in [-0.4, -0.2) is 0 Å². The maximum absolute atomic E-state index is 3.87. The van der Waals surface area contributed by atoms with E-state index in [0.29, 0.717) is 5.92 Å². The van der Waals surface area contributed by atoms with Crippen molar-refractivity contribution in [1.82, 2.24) is 0 Å². The van der Waals surface area contributed by atoms with Gasteiger partial charge in [-0.3, -0.25) is 0 Å². The monoisotopic (exact) mass is 160 g/mol. The molecule has 0 amide bonds. The van der Waals surface area contributed by atoms with Gasteiger partial charge in [0, 0.05) is 5.41 Å². The van der Waals surface area contributed by atoms with Gasteiger partial charge < -0.3 is 0 Å². The summed E-state index contributed by atoms with van der Waals surface area (Å²) in [6, 6.07) is 0. The minimum atomic E-state index is 0.0521. The number of hydrogen-bond acceptors (Lipinski definition) is 0. The van der Waals surface area contributed by atoms with Crippen LogP contribution in [0.15, 0.2) is 50.1 Å². The van der Waals surface area contributed by atoms with Crippen molar-refractivity contribution >= 4 is 0 Å². The Bertz CT molecular complexity index is 212. The van der Waals surface area contributed by atoms with Crippen LogP contribution in [0.3, 0.4) is 0 Å². The zero-order valence-corrected chi connectivity index (χ0v) is 7.50. The summed E-state index contributed by atoms with van der Waals surface area (Å²) in [6.45, 7) is 11.6. The predicted molar refractivity (Wildman–Crippen MR) is 54.9 cm³/mol. The van der Waals surface area contributed by atoms with E-state index >= 15 is 0 Å². The molecule has 0 spiro atoms. The van der Waals surface area contributed by atoms with Gasteiger partial charge in [-0.2, -0.15) is 0 Å². The van der Waals surface area contributed by atoms with Gasteiger partial charge in [-0.05, 0) is 18.8 Å². The van der Waals surface area contributed by atoms with Gasteiger partial charge in [0.2, 0.25) is 0 Å². The molecule has 1 atom stereocenters. The molecule has 0 bridgehead atoms. The van der Waals surface area contributed by atoms with E-state index in [2.05, 4.69) is 31.9 Å².